The summed E-state index contributed by atoms with van der Waals surface area (Å²) in [5.41, 5.74) is -0.204. The van der Waals surface area contributed by atoms with Crippen LogP contribution in [0.2, 0.25) is 0 Å². The first-order valence-corrected chi connectivity index (χ1v) is 9.57. The number of carbonyl (C=O) groups excluding carboxylic acids is 2. The summed E-state index contributed by atoms with van der Waals surface area (Å²) in [5.74, 6) is -0.842. The summed E-state index contributed by atoms with van der Waals surface area (Å²) in [4.78, 5) is 38.7. The van der Waals surface area contributed by atoms with Crippen molar-refractivity contribution >= 4 is 11.9 Å². The second-order valence-electron chi connectivity index (χ2n) is 6.77. The monoisotopic (exact) mass is 363 g/mol. The Bertz CT molecular complexity index is 686. The Hall–Kier alpha value is -2.18. The quantitative estimate of drug-likeness (QED) is 0.695. The standard InChI is InChI=1S/C19H29N3O4/c1-4-6-13-22-17(23)11-10-16(20-22)19(25)26-14(3)18(24)21-12-8-7-9-15(21)5-2/h10-11,14-15H,4-9,12-13H2,1-3H3. The Kier molecular flexibility index (Phi) is 7.36. The van der Waals surface area contributed by atoms with E-state index in [0.717, 1.165) is 38.5 Å². The summed E-state index contributed by atoms with van der Waals surface area (Å²) in [6.07, 6.45) is 4.85. The van der Waals surface area contributed by atoms with Gasteiger partial charge in [-0.2, -0.15) is 5.10 Å². The van der Waals surface area contributed by atoms with Crippen LogP contribution in [0.25, 0.3) is 0 Å². The maximum atomic E-state index is 12.7. The number of rotatable bonds is 7. The fourth-order valence-electron chi connectivity index (χ4n) is 3.25. The highest BCUT2D eigenvalue weighted by atomic mass is 16.5. The van der Waals surface area contributed by atoms with Crippen molar-refractivity contribution in [2.75, 3.05) is 6.54 Å². The van der Waals surface area contributed by atoms with Crippen molar-refractivity contribution < 1.29 is 14.3 Å². The van der Waals surface area contributed by atoms with E-state index in [1.807, 2.05) is 11.8 Å². The zero-order chi connectivity index (χ0) is 19.1. The van der Waals surface area contributed by atoms with Gasteiger partial charge in [-0.3, -0.25) is 9.59 Å². The van der Waals surface area contributed by atoms with Gasteiger partial charge >= 0.3 is 5.97 Å². The minimum absolute atomic E-state index is 0.0473. The number of ether oxygens (including phenoxy) is 1. The van der Waals surface area contributed by atoms with Crippen LogP contribution >= 0.6 is 0 Å². The molecular weight excluding hydrogens is 334 g/mol. The number of likely N-dealkylation sites (tertiary alicyclic amines) is 1. The van der Waals surface area contributed by atoms with Gasteiger partial charge in [-0.1, -0.05) is 20.3 Å². The molecule has 144 valence electrons. The smallest absolute Gasteiger partial charge is 0.359 e. The Labute approximate surface area is 154 Å². The highest BCUT2D eigenvalue weighted by Gasteiger charge is 2.30. The van der Waals surface area contributed by atoms with Gasteiger partial charge in [0.25, 0.3) is 11.5 Å². The molecular formula is C19H29N3O4. The van der Waals surface area contributed by atoms with Crippen LogP contribution in [0.1, 0.15) is 69.8 Å². The maximum absolute atomic E-state index is 12.7. The van der Waals surface area contributed by atoms with Gasteiger partial charge < -0.3 is 9.64 Å². The van der Waals surface area contributed by atoms with E-state index < -0.39 is 12.1 Å². The molecule has 26 heavy (non-hydrogen) atoms. The minimum Gasteiger partial charge on any atom is -0.448 e. The number of hydrogen-bond donors (Lipinski definition) is 0. The van der Waals surface area contributed by atoms with Crippen LogP contribution < -0.4 is 5.56 Å². The molecule has 0 radical (unpaired) electrons. The Morgan fingerprint density at radius 1 is 1.31 bits per heavy atom. The molecule has 1 aromatic heterocycles. The highest BCUT2D eigenvalue weighted by molar-refractivity contribution is 5.90. The van der Waals surface area contributed by atoms with E-state index in [2.05, 4.69) is 12.0 Å². The highest BCUT2D eigenvalue weighted by Crippen LogP contribution is 2.21. The van der Waals surface area contributed by atoms with Crippen molar-refractivity contribution in [3.8, 4) is 0 Å². The largest absolute Gasteiger partial charge is 0.448 e. The third-order valence-electron chi connectivity index (χ3n) is 4.81. The summed E-state index contributed by atoms with van der Waals surface area (Å²) < 4.78 is 6.60. The van der Waals surface area contributed by atoms with Crippen LogP contribution in [0.5, 0.6) is 0 Å². The molecule has 0 spiro atoms. The lowest BCUT2D eigenvalue weighted by Crippen LogP contribution is -2.48. The molecule has 1 aromatic rings. The van der Waals surface area contributed by atoms with E-state index in [1.54, 1.807) is 6.92 Å². The summed E-state index contributed by atoms with van der Waals surface area (Å²) in [7, 11) is 0. The number of aromatic nitrogens is 2. The average molecular weight is 363 g/mol. The first-order valence-electron chi connectivity index (χ1n) is 9.57. The topological polar surface area (TPSA) is 81.5 Å². The van der Waals surface area contributed by atoms with Crippen molar-refractivity contribution in [3.05, 3.63) is 28.2 Å². The second kappa shape index (κ2) is 9.50. The lowest BCUT2D eigenvalue weighted by atomic mass is 9.99. The first kappa shape index (κ1) is 20.1. The summed E-state index contributed by atoms with van der Waals surface area (Å²) in [6.45, 7) is 6.84. The molecule has 2 rings (SSSR count). The first-order chi connectivity index (χ1) is 12.5. The molecule has 2 atom stereocenters. The van der Waals surface area contributed by atoms with Gasteiger partial charge in [0.1, 0.15) is 0 Å². The fourth-order valence-corrected chi connectivity index (χ4v) is 3.25. The van der Waals surface area contributed by atoms with E-state index in [4.69, 9.17) is 4.74 Å². The average Bonchev–Trinajstić information content (AvgIpc) is 2.66. The van der Waals surface area contributed by atoms with Crippen molar-refractivity contribution in [2.45, 2.75) is 78.0 Å². The van der Waals surface area contributed by atoms with Gasteiger partial charge in [0.05, 0.1) is 0 Å². The second-order valence-corrected chi connectivity index (χ2v) is 6.77. The van der Waals surface area contributed by atoms with Gasteiger partial charge in [0.15, 0.2) is 11.8 Å². The third-order valence-corrected chi connectivity index (χ3v) is 4.81. The van der Waals surface area contributed by atoms with E-state index >= 15 is 0 Å². The molecule has 0 aliphatic carbocycles. The van der Waals surface area contributed by atoms with Crippen LogP contribution in [-0.4, -0.2) is 45.2 Å². The number of unbranched alkanes of at least 4 members (excludes halogenated alkanes) is 1. The van der Waals surface area contributed by atoms with Crippen molar-refractivity contribution in [3.63, 3.8) is 0 Å². The Morgan fingerprint density at radius 2 is 2.08 bits per heavy atom. The molecule has 1 aliphatic heterocycles. The van der Waals surface area contributed by atoms with Gasteiger partial charge in [-0.25, -0.2) is 9.48 Å². The minimum atomic E-state index is -0.868. The van der Waals surface area contributed by atoms with Crippen LogP contribution in [0.3, 0.4) is 0 Å². The predicted octanol–water partition coefficient (Wildman–Crippen LogP) is 2.38. The summed E-state index contributed by atoms with van der Waals surface area (Å²) in [5, 5.41) is 4.07. The molecule has 2 unspecified atom stereocenters. The molecule has 1 aliphatic rings. The van der Waals surface area contributed by atoms with Gasteiger partial charge in [0, 0.05) is 25.2 Å². The SMILES string of the molecule is CCCCn1nc(C(=O)OC(C)C(=O)N2CCCCC2CC)ccc1=O. The van der Waals surface area contributed by atoms with Crippen molar-refractivity contribution in [2.24, 2.45) is 0 Å². The van der Waals surface area contributed by atoms with Crippen LogP contribution in [0.4, 0.5) is 0 Å². The fraction of sp³-hybridized carbons (Fsp3) is 0.684. The number of amides is 1. The zero-order valence-corrected chi connectivity index (χ0v) is 15.9. The van der Waals surface area contributed by atoms with Crippen molar-refractivity contribution in [1.82, 2.24) is 14.7 Å². The van der Waals surface area contributed by atoms with E-state index in [0.29, 0.717) is 13.1 Å². The molecule has 7 nitrogen and oxygen atoms in total. The molecule has 1 amide bonds. The molecule has 0 bridgehead atoms. The molecule has 2 heterocycles. The van der Waals surface area contributed by atoms with Crippen LogP contribution in [-0.2, 0) is 16.1 Å². The predicted molar refractivity (Wildman–Crippen MR) is 97.9 cm³/mol. The number of esters is 1. The lowest BCUT2D eigenvalue weighted by Gasteiger charge is -2.36. The molecule has 0 saturated carbocycles. The van der Waals surface area contributed by atoms with Crippen molar-refractivity contribution in [1.29, 1.82) is 0 Å². The molecule has 1 saturated heterocycles. The Morgan fingerprint density at radius 3 is 2.77 bits per heavy atom. The zero-order valence-electron chi connectivity index (χ0n) is 15.9. The normalized spacial score (nSPS) is 18.4. The van der Waals surface area contributed by atoms with E-state index in [9.17, 15) is 14.4 Å². The number of carbonyl (C=O) groups is 2. The number of hydrogen-bond acceptors (Lipinski definition) is 5. The van der Waals surface area contributed by atoms with E-state index in [1.165, 1.54) is 16.8 Å². The molecule has 0 N–H and O–H groups in total. The molecule has 7 heteroatoms. The van der Waals surface area contributed by atoms with Gasteiger partial charge in [-0.15, -0.1) is 0 Å². The third kappa shape index (κ3) is 4.93. The van der Waals surface area contributed by atoms with Crippen LogP contribution in [0, 0.1) is 0 Å². The Balaban J connectivity index is 2.04. The number of piperidine rings is 1. The van der Waals surface area contributed by atoms with Crippen LogP contribution in [0.15, 0.2) is 16.9 Å². The number of aryl methyl sites for hydroxylation is 1. The molecule has 1 fully saturated rings. The lowest BCUT2D eigenvalue weighted by molar-refractivity contribution is -0.143. The number of nitrogens with zero attached hydrogens (tertiary/aromatic N) is 3. The maximum Gasteiger partial charge on any atom is 0.359 e. The van der Waals surface area contributed by atoms with Gasteiger partial charge in [0.2, 0.25) is 0 Å². The molecule has 0 aromatic carbocycles. The van der Waals surface area contributed by atoms with Gasteiger partial charge in [-0.05, 0) is 45.1 Å². The summed E-state index contributed by atoms with van der Waals surface area (Å²) >= 11 is 0. The van der Waals surface area contributed by atoms with E-state index in [-0.39, 0.29) is 23.2 Å². The summed E-state index contributed by atoms with van der Waals surface area (Å²) in [6, 6.07) is 2.87.